The van der Waals surface area contributed by atoms with Crippen molar-refractivity contribution in [2.24, 2.45) is 46.3 Å². The van der Waals surface area contributed by atoms with Gasteiger partial charge >= 0.3 is 0 Å². The monoisotopic (exact) mass is 458 g/mol. The number of hydrogen-bond donors (Lipinski definition) is 4. The lowest BCUT2D eigenvalue weighted by atomic mass is 9.43. The molecule has 4 rings (SSSR count). The second kappa shape index (κ2) is 8.23. The summed E-state index contributed by atoms with van der Waals surface area (Å²) in [6, 6.07) is 0. The van der Waals surface area contributed by atoms with E-state index in [0.717, 1.165) is 38.5 Å². The molecule has 6 nitrogen and oxygen atoms in total. The number of rotatable bonds is 5. The number of fused-ring (bicyclic) bond motifs is 5. The lowest BCUT2D eigenvalue weighted by Gasteiger charge is -2.63. The maximum Gasteiger partial charge on any atom is 0.264 e. The van der Waals surface area contributed by atoms with E-state index in [-0.39, 0.29) is 52.5 Å². The zero-order chi connectivity index (χ0) is 22.8. The molecule has 0 spiro atoms. The summed E-state index contributed by atoms with van der Waals surface area (Å²) < 4.78 is 31.3. The summed E-state index contributed by atoms with van der Waals surface area (Å²) in [5.41, 5.74) is -0.193. The fourth-order valence-electron chi connectivity index (χ4n) is 8.92. The standard InChI is InChI=1S/C24H42O6S/c1-14(5-4-10-31(28,29)30)17-6-7-18-22-19(13-21(27)24(17,18)3)23(2)9-8-16(25)11-15(23)12-20(22)26/h14-22,25-27H,4-13H2,1-3H3,(H,28,29,30)/t14-,15+,16-,17-,18?,19?,20-,21-,22?,23+,24-/m1/s1. The summed E-state index contributed by atoms with van der Waals surface area (Å²) in [5, 5.41) is 33.0. The van der Waals surface area contributed by atoms with Gasteiger partial charge in [0.15, 0.2) is 0 Å². The van der Waals surface area contributed by atoms with Crippen LogP contribution in [0.15, 0.2) is 0 Å². The van der Waals surface area contributed by atoms with E-state index >= 15 is 0 Å². The largest absolute Gasteiger partial charge is 0.393 e. The van der Waals surface area contributed by atoms with E-state index < -0.39 is 16.2 Å². The third-order valence-corrected chi connectivity index (χ3v) is 11.4. The Morgan fingerprint density at radius 1 is 1.00 bits per heavy atom. The Labute approximate surface area is 187 Å². The first-order chi connectivity index (χ1) is 14.4. The minimum Gasteiger partial charge on any atom is -0.393 e. The average molecular weight is 459 g/mol. The van der Waals surface area contributed by atoms with Crippen LogP contribution < -0.4 is 0 Å². The first kappa shape index (κ1) is 23.9. The molecule has 4 aliphatic rings. The molecule has 4 saturated carbocycles. The van der Waals surface area contributed by atoms with Crippen LogP contribution >= 0.6 is 0 Å². The molecule has 0 radical (unpaired) electrons. The predicted octanol–water partition coefficient (Wildman–Crippen LogP) is 3.25. The number of aliphatic hydroxyl groups is 3. The Morgan fingerprint density at radius 2 is 1.71 bits per heavy atom. The molecule has 31 heavy (non-hydrogen) atoms. The van der Waals surface area contributed by atoms with Crippen molar-refractivity contribution in [2.45, 2.75) is 96.9 Å². The highest BCUT2D eigenvalue weighted by Gasteiger charge is 2.65. The van der Waals surface area contributed by atoms with Crippen LogP contribution in [-0.2, 0) is 10.1 Å². The Balaban J connectivity index is 1.55. The van der Waals surface area contributed by atoms with Gasteiger partial charge in [-0.3, -0.25) is 4.55 Å². The van der Waals surface area contributed by atoms with Crippen LogP contribution in [0.25, 0.3) is 0 Å². The highest BCUT2D eigenvalue weighted by molar-refractivity contribution is 7.85. The fraction of sp³-hybridized carbons (Fsp3) is 1.00. The van der Waals surface area contributed by atoms with Gasteiger partial charge in [-0.05, 0) is 104 Å². The van der Waals surface area contributed by atoms with Crippen LogP contribution in [-0.4, -0.2) is 52.4 Å². The summed E-state index contributed by atoms with van der Waals surface area (Å²) in [4.78, 5) is 0. The van der Waals surface area contributed by atoms with Gasteiger partial charge < -0.3 is 15.3 Å². The Bertz CT molecular complexity index is 770. The molecule has 7 heteroatoms. The Kier molecular flexibility index (Phi) is 6.35. The van der Waals surface area contributed by atoms with Gasteiger partial charge in [-0.15, -0.1) is 0 Å². The van der Waals surface area contributed by atoms with E-state index in [9.17, 15) is 23.7 Å². The second-order valence-corrected chi connectivity index (χ2v) is 13.5. The van der Waals surface area contributed by atoms with Crippen LogP contribution in [0.4, 0.5) is 0 Å². The summed E-state index contributed by atoms with van der Waals surface area (Å²) in [7, 11) is -3.94. The average Bonchev–Trinajstić information content (AvgIpc) is 3.01. The second-order valence-electron chi connectivity index (χ2n) is 11.9. The summed E-state index contributed by atoms with van der Waals surface area (Å²) in [5.74, 6) is 1.42. The molecule has 3 unspecified atom stereocenters. The zero-order valence-corrected chi connectivity index (χ0v) is 20.1. The molecule has 4 N–H and O–H groups in total. The summed E-state index contributed by atoms with van der Waals surface area (Å²) in [6.45, 7) is 6.70. The molecule has 0 saturated heterocycles. The smallest absolute Gasteiger partial charge is 0.264 e. The van der Waals surface area contributed by atoms with Gasteiger partial charge in [0.25, 0.3) is 10.1 Å². The minimum atomic E-state index is -3.94. The van der Waals surface area contributed by atoms with Gasteiger partial charge in [0.2, 0.25) is 0 Å². The molecular weight excluding hydrogens is 416 g/mol. The first-order valence-electron chi connectivity index (χ1n) is 12.4. The van der Waals surface area contributed by atoms with Gasteiger partial charge in [-0.2, -0.15) is 8.42 Å². The minimum absolute atomic E-state index is 0.0740. The van der Waals surface area contributed by atoms with Gasteiger partial charge in [0.1, 0.15) is 0 Å². The highest BCUT2D eigenvalue weighted by Crippen LogP contribution is 2.68. The molecule has 4 fully saturated rings. The highest BCUT2D eigenvalue weighted by atomic mass is 32.2. The first-order valence-corrected chi connectivity index (χ1v) is 14.0. The van der Waals surface area contributed by atoms with Gasteiger partial charge in [0.05, 0.1) is 24.1 Å². The molecule has 0 amide bonds. The van der Waals surface area contributed by atoms with Crippen molar-refractivity contribution in [3.63, 3.8) is 0 Å². The molecule has 0 aliphatic heterocycles. The van der Waals surface area contributed by atoms with E-state index in [2.05, 4.69) is 20.8 Å². The van der Waals surface area contributed by atoms with Crippen molar-refractivity contribution < 1.29 is 28.3 Å². The van der Waals surface area contributed by atoms with Crippen molar-refractivity contribution in [3.05, 3.63) is 0 Å². The SMILES string of the molecule is C[C@H](CCCS(=O)(=O)O)[C@H]1CCC2C3C(C[C@@H](O)[C@@]21C)[C@@]1(C)CC[C@@H](O)C[C@H]1C[C@H]3O. The van der Waals surface area contributed by atoms with Crippen molar-refractivity contribution in [1.29, 1.82) is 0 Å². The summed E-state index contributed by atoms with van der Waals surface area (Å²) >= 11 is 0. The molecular formula is C24H42O6S. The van der Waals surface area contributed by atoms with Crippen molar-refractivity contribution in [2.75, 3.05) is 5.75 Å². The molecule has 0 aromatic heterocycles. The Hall–Kier alpha value is -0.210. The molecule has 180 valence electrons. The molecule has 0 aromatic carbocycles. The van der Waals surface area contributed by atoms with E-state index in [1.807, 2.05) is 0 Å². The van der Waals surface area contributed by atoms with E-state index in [4.69, 9.17) is 4.55 Å². The maximum absolute atomic E-state index is 11.5. The normalized spacial score (nSPS) is 50.9. The van der Waals surface area contributed by atoms with Crippen LogP contribution in [0.2, 0.25) is 0 Å². The zero-order valence-electron chi connectivity index (χ0n) is 19.3. The van der Waals surface area contributed by atoms with Gasteiger partial charge in [0, 0.05) is 0 Å². The fourth-order valence-corrected chi connectivity index (χ4v) is 9.45. The van der Waals surface area contributed by atoms with Crippen molar-refractivity contribution in [1.82, 2.24) is 0 Å². The molecule has 0 aromatic rings. The molecule has 4 aliphatic carbocycles. The third-order valence-electron chi connectivity index (χ3n) is 10.6. The van der Waals surface area contributed by atoms with E-state index in [1.165, 1.54) is 0 Å². The number of aliphatic hydroxyl groups excluding tert-OH is 3. The van der Waals surface area contributed by atoms with E-state index in [1.54, 1.807) is 0 Å². The third kappa shape index (κ3) is 4.01. The lowest BCUT2D eigenvalue weighted by Crippen LogP contribution is -2.62. The lowest BCUT2D eigenvalue weighted by molar-refractivity contribution is -0.207. The molecule has 11 atom stereocenters. The predicted molar refractivity (Wildman–Crippen MR) is 119 cm³/mol. The van der Waals surface area contributed by atoms with Crippen LogP contribution in [0.1, 0.15) is 78.6 Å². The quantitative estimate of drug-likeness (QED) is 0.470. The van der Waals surface area contributed by atoms with Gasteiger partial charge in [-0.1, -0.05) is 20.8 Å². The van der Waals surface area contributed by atoms with Crippen LogP contribution in [0.5, 0.6) is 0 Å². The van der Waals surface area contributed by atoms with Crippen molar-refractivity contribution >= 4 is 10.1 Å². The van der Waals surface area contributed by atoms with Gasteiger partial charge in [-0.25, -0.2) is 0 Å². The van der Waals surface area contributed by atoms with Crippen molar-refractivity contribution in [3.8, 4) is 0 Å². The molecule has 0 bridgehead atoms. The summed E-state index contributed by atoms with van der Waals surface area (Å²) in [6.07, 6.45) is 6.11. The van der Waals surface area contributed by atoms with Crippen LogP contribution in [0.3, 0.4) is 0 Å². The maximum atomic E-state index is 11.5. The number of hydrogen-bond acceptors (Lipinski definition) is 5. The Morgan fingerprint density at radius 3 is 2.39 bits per heavy atom. The topological polar surface area (TPSA) is 115 Å². The van der Waals surface area contributed by atoms with E-state index in [0.29, 0.717) is 31.1 Å². The molecule has 0 heterocycles. The van der Waals surface area contributed by atoms with Crippen LogP contribution in [0, 0.1) is 46.3 Å².